The van der Waals surface area contributed by atoms with Crippen LogP contribution in [-0.2, 0) is 26.9 Å². The van der Waals surface area contributed by atoms with Crippen molar-refractivity contribution < 1.29 is 32.2 Å². The summed E-state index contributed by atoms with van der Waals surface area (Å²) in [7, 11) is 0. The van der Waals surface area contributed by atoms with Crippen molar-refractivity contribution in [2.45, 2.75) is 45.0 Å². The standard InChI is InChI=1S/C15H18F3NO4/c1-14(2,3)23-13(21)22-12(20)11(19)8-9-4-6-10(7-5-9)15(16,17)18/h4-7,11H,8,19H2,1-3H3/t11-/m0/s1. The minimum atomic E-state index is -4.43. The average Bonchev–Trinajstić information content (AvgIpc) is 2.35. The summed E-state index contributed by atoms with van der Waals surface area (Å²) in [5.74, 6) is -1.01. The van der Waals surface area contributed by atoms with Crippen LogP contribution in [0, 0.1) is 0 Å². The smallest absolute Gasteiger partial charge is 0.428 e. The number of halogens is 3. The first kappa shape index (κ1) is 19.0. The van der Waals surface area contributed by atoms with Crippen LogP contribution in [0.3, 0.4) is 0 Å². The number of rotatable bonds is 3. The molecule has 0 heterocycles. The van der Waals surface area contributed by atoms with E-state index < -0.39 is 35.5 Å². The molecule has 2 N–H and O–H groups in total. The molecule has 1 atom stereocenters. The van der Waals surface area contributed by atoms with Crippen LogP contribution in [0.25, 0.3) is 0 Å². The number of hydrogen-bond donors (Lipinski definition) is 1. The molecule has 0 saturated carbocycles. The summed E-state index contributed by atoms with van der Waals surface area (Å²) in [6.45, 7) is 4.79. The number of esters is 1. The van der Waals surface area contributed by atoms with Crippen LogP contribution >= 0.6 is 0 Å². The zero-order valence-electron chi connectivity index (χ0n) is 12.9. The van der Waals surface area contributed by atoms with Gasteiger partial charge in [-0.1, -0.05) is 12.1 Å². The lowest BCUT2D eigenvalue weighted by Crippen LogP contribution is -2.37. The number of carbonyl (C=O) groups is 2. The summed E-state index contributed by atoms with van der Waals surface area (Å²) in [4.78, 5) is 23.0. The van der Waals surface area contributed by atoms with Gasteiger partial charge in [0, 0.05) is 0 Å². The minimum Gasteiger partial charge on any atom is -0.428 e. The van der Waals surface area contributed by atoms with Crippen molar-refractivity contribution in [3.8, 4) is 0 Å². The van der Waals surface area contributed by atoms with Crippen molar-refractivity contribution in [3.63, 3.8) is 0 Å². The van der Waals surface area contributed by atoms with Crippen LogP contribution in [0.1, 0.15) is 31.9 Å². The zero-order chi connectivity index (χ0) is 17.8. The van der Waals surface area contributed by atoms with E-state index in [2.05, 4.69) is 4.74 Å². The quantitative estimate of drug-likeness (QED) is 0.679. The summed E-state index contributed by atoms with van der Waals surface area (Å²) in [5, 5.41) is 0. The Bertz CT molecular complexity index is 562. The lowest BCUT2D eigenvalue weighted by Gasteiger charge is -2.19. The second kappa shape index (κ2) is 6.99. The SMILES string of the molecule is CC(C)(C)OC(=O)OC(=O)[C@@H](N)Cc1ccc(C(F)(F)F)cc1. The van der Waals surface area contributed by atoms with Crippen LogP contribution in [-0.4, -0.2) is 23.8 Å². The molecule has 1 aromatic carbocycles. The topological polar surface area (TPSA) is 78.6 Å². The van der Waals surface area contributed by atoms with Crippen LogP contribution in [0.5, 0.6) is 0 Å². The first-order chi connectivity index (χ1) is 10.4. The summed E-state index contributed by atoms with van der Waals surface area (Å²) in [6, 6.07) is 3.01. The van der Waals surface area contributed by atoms with Gasteiger partial charge in [-0.2, -0.15) is 13.2 Å². The van der Waals surface area contributed by atoms with Gasteiger partial charge < -0.3 is 15.2 Å². The Morgan fingerprint density at radius 3 is 2.09 bits per heavy atom. The third kappa shape index (κ3) is 6.68. The predicted octanol–water partition coefficient (Wildman–Crippen LogP) is 3.05. The molecule has 5 nitrogen and oxygen atoms in total. The number of carbonyl (C=O) groups excluding carboxylic acids is 2. The molecule has 1 aromatic rings. The van der Waals surface area contributed by atoms with Gasteiger partial charge in [0.15, 0.2) is 0 Å². The van der Waals surface area contributed by atoms with E-state index in [-0.39, 0.29) is 6.42 Å². The third-order valence-electron chi connectivity index (χ3n) is 2.61. The predicted molar refractivity (Wildman–Crippen MR) is 75.4 cm³/mol. The second-order valence-electron chi connectivity index (χ2n) is 5.89. The Labute approximate surface area is 131 Å². The summed E-state index contributed by atoms with van der Waals surface area (Å²) >= 11 is 0. The third-order valence-corrected chi connectivity index (χ3v) is 2.61. The molecule has 1 rings (SSSR count). The van der Waals surface area contributed by atoms with E-state index in [1.807, 2.05) is 0 Å². The van der Waals surface area contributed by atoms with E-state index in [9.17, 15) is 22.8 Å². The molecule has 0 saturated heterocycles. The zero-order valence-corrected chi connectivity index (χ0v) is 12.9. The van der Waals surface area contributed by atoms with E-state index in [0.29, 0.717) is 5.56 Å². The molecule has 0 unspecified atom stereocenters. The van der Waals surface area contributed by atoms with E-state index in [4.69, 9.17) is 10.5 Å². The van der Waals surface area contributed by atoms with Crippen molar-refractivity contribution in [2.75, 3.05) is 0 Å². The highest BCUT2D eigenvalue weighted by atomic mass is 19.4. The van der Waals surface area contributed by atoms with Gasteiger partial charge in [0.05, 0.1) is 5.56 Å². The molecular weight excluding hydrogens is 315 g/mol. The molecule has 0 aliphatic heterocycles. The Kier molecular flexibility index (Phi) is 5.76. The monoisotopic (exact) mass is 333 g/mol. The van der Waals surface area contributed by atoms with Crippen molar-refractivity contribution in [1.29, 1.82) is 0 Å². The van der Waals surface area contributed by atoms with Crippen molar-refractivity contribution in [2.24, 2.45) is 5.73 Å². The Morgan fingerprint density at radius 2 is 1.65 bits per heavy atom. The fourth-order valence-electron chi connectivity index (χ4n) is 1.60. The molecule has 23 heavy (non-hydrogen) atoms. The molecule has 0 radical (unpaired) electrons. The molecule has 0 bridgehead atoms. The average molecular weight is 333 g/mol. The molecule has 0 aromatic heterocycles. The van der Waals surface area contributed by atoms with Gasteiger partial charge in [-0.15, -0.1) is 0 Å². The van der Waals surface area contributed by atoms with Crippen molar-refractivity contribution in [1.82, 2.24) is 0 Å². The molecule has 0 aliphatic rings. The maximum atomic E-state index is 12.4. The summed E-state index contributed by atoms with van der Waals surface area (Å²) in [6.07, 6.45) is -5.68. The molecular formula is C15H18F3NO4. The van der Waals surface area contributed by atoms with Gasteiger partial charge >= 0.3 is 18.3 Å². The molecule has 0 fully saturated rings. The first-order valence-corrected chi connectivity index (χ1v) is 6.75. The van der Waals surface area contributed by atoms with Gasteiger partial charge in [0.1, 0.15) is 11.6 Å². The minimum absolute atomic E-state index is 0.0697. The molecule has 0 aliphatic carbocycles. The maximum absolute atomic E-state index is 12.4. The van der Waals surface area contributed by atoms with Crippen LogP contribution in [0.2, 0.25) is 0 Å². The molecule has 0 amide bonds. The highest BCUT2D eigenvalue weighted by Crippen LogP contribution is 2.29. The highest BCUT2D eigenvalue weighted by molar-refractivity contribution is 5.85. The van der Waals surface area contributed by atoms with Gasteiger partial charge in [-0.3, -0.25) is 0 Å². The number of alkyl halides is 3. The first-order valence-electron chi connectivity index (χ1n) is 6.75. The summed E-state index contributed by atoms with van der Waals surface area (Å²) < 4.78 is 46.5. The van der Waals surface area contributed by atoms with Gasteiger partial charge in [-0.25, -0.2) is 9.59 Å². The number of ether oxygens (including phenoxy) is 2. The van der Waals surface area contributed by atoms with Gasteiger partial charge in [-0.05, 0) is 44.9 Å². The Hall–Kier alpha value is -2.09. The number of nitrogens with two attached hydrogens (primary N) is 1. The second-order valence-corrected chi connectivity index (χ2v) is 5.89. The molecule has 128 valence electrons. The Morgan fingerprint density at radius 1 is 1.13 bits per heavy atom. The normalized spacial score (nSPS) is 13.3. The molecule has 0 spiro atoms. The van der Waals surface area contributed by atoms with Crippen molar-refractivity contribution in [3.05, 3.63) is 35.4 Å². The van der Waals surface area contributed by atoms with Crippen LogP contribution < -0.4 is 5.73 Å². The largest absolute Gasteiger partial charge is 0.516 e. The van der Waals surface area contributed by atoms with E-state index in [1.165, 1.54) is 12.1 Å². The van der Waals surface area contributed by atoms with Crippen molar-refractivity contribution >= 4 is 12.1 Å². The van der Waals surface area contributed by atoms with E-state index in [0.717, 1.165) is 12.1 Å². The van der Waals surface area contributed by atoms with E-state index >= 15 is 0 Å². The van der Waals surface area contributed by atoms with Gasteiger partial charge in [0.25, 0.3) is 0 Å². The van der Waals surface area contributed by atoms with Gasteiger partial charge in [0.2, 0.25) is 0 Å². The lowest BCUT2D eigenvalue weighted by atomic mass is 10.0. The summed E-state index contributed by atoms with van der Waals surface area (Å²) in [5.41, 5.74) is 4.37. The van der Waals surface area contributed by atoms with Crippen LogP contribution in [0.4, 0.5) is 18.0 Å². The van der Waals surface area contributed by atoms with Crippen LogP contribution in [0.15, 0.2) is 24.3 Å². The fourth-order valence-corrected chi connectivity index (χ4v) is 1.60. The molecule has 8 heteroatoms. The fraction of sp³-hybridized carbons (Fsp3) is 0.467. The Balaban J connectivity index is 2.60. The lowest BCUT2D eigenvalue weighted by molar-refractivity contribution is -0.143. The van der Waals surface area contributed by atoms with E-state index in [1.54, 1.807) is 20.8 Å². The maximum Gasteiger partial charge on any atom is 0.516 e. The highest BCUT2D eigenvalue weighted by Gasteiger charge is 2.30. The number of hydrogen-bond acceptors (Lipinski definition) is 5. The number of benzene rings is 1.